The van der Waals surface area contributed by atoms with Gasteiger partial charge in [0.05, 0.1) is 18.2 Å². The quantitative estimate of drug-likeness (QED) is 0.712. The van der Waals surface area contributed by atoms with Crippen molar-refractivity contribution in [1.82, 2.24) is 9.78 Å². The number of methoxy groups -OCH3 is 1. The third-order valence-corrected chi connectivity index (χ3v) is 2.96. The highest BCUT2D eigenvalue weighted by molar-refractivity contribution is 5.77. The standard InChI is InChI=1S/C10H14N2O3/c1-12-6-3-7(11-12)10(4-5-10)8(13)9(14)15-2/h3,6,8,13H,4-5H2,1-2H3. The summed E-state index contributed by atoms with van der Waals surface area (Å²) in [6.45, 7) is 0. The first-order valence-corrected chi connectivity index (χ1v) is 4.86. The minimum Gasteiger partial charge on any atom is -0.467 e. The van der Waals surface area contributed by atoms with Crippen LogP contribution in [0.25, 0.3) is 0 Å². The molecule has 1 saturated carbocycles. The van der Waals surface area contributed by atoms with Crippen molar-refractivity contribution in [2.45, 2.75) is 24.4 Å². The molecule has 0 saturated heterocycles. The van der Waals surface area contributed by atoms with Gasteiger partial charge < -0.3 is 9.84 Å². The average Bonchev–Trinajstić information content (AvgIpc) is 2.94. The van der Waals surface area contributed by atoms with E-state index in [1.165, 1.54) is 7.11 Å². The van der Waals surface area contributed by atoms with Gasteiger partial charge >= 0.3 is 5.97 Å². The molecule has 0 bridgehead atoms. The van der Waals surface area contributed by atoms with Gasteiger partial charge in [0.25, 0.3) is 0 Å². The molecule has 1 aliphatic rings. The van der Waals surface area contributed by atoms with E-state index < -0.39 is 17.5 Å². The summed E-state index contributed by atoms with van der Waals surface area (Å²) in [5.74, 6) is -0.585. The van der Waals surface area contributed by atoms with Gasteiger partial charge in [0.2, 0.25) is 0 Å². The Morgan fingerprint density at radius 1 is 1.73 bits per heavy atom. The fourth-order valence-electron chi connectivity index (χ4n) is 1.82. The predicted octanol–water partition coefficient (Wildman–Crippen LogP) is -0.0144. The van der Waals surface area contributed by atoms with Crippen LogP contribution >= 0.6 is 0 Å². The van der Waals surface area contributed by atoms with Crippen LogP contribution < -0.4 is 0 Å². The molecule has 1 unspecified atom stereocenters. The lowest BCUT2D eigenvalue weighted by molar-refractivity contribution is -0.152. The fraction of sp³-hybridized carbons (Fsp3) is 0.600. The molecule has 0 aliphatic heterocycles. The molecule has 2 rings (SSSR count). The zero-order chi connectivity index (χ0) is 11.1. The molecule has 1 aromatic rings. The highest BCUT2D eigenvalue weighted by atomic mass is 16.5. The summed E-state index contributed by atoms with van der Waals surface area (Å²) in [5, 5.41) is 14.1. The number of esters is 1. The van der Waals surface area contributed by atoms with Crippen LogP contribution in [0.3, 0.4) is 0 Å². The van der Waals surface area contributed by atoms with Gasteiger partial charge in [-0.1, -0.05) is 0 Å². The SMILES string of the molecule is COC(=O)C(O)C1(c2ccn(C)n2)CC1. The number of hydrogen-bond acceptors (Lipinski definition) is 4. The largest absolute Gasteiger partial charge is 0.467 e. The van der Waals surface area contributed by atoms with E-state index in [0.717, 1.165) is 18.5 Å². The van der Waals surface area contributed by atoms with E-state index >= 15 is 0 Å². The van der Waals surface area contributed by atoms with Gasteiger partial charge in [-0.05, 0) is 18.9 Å². The normalized spacial score (nSPS) is 19.7. The van der Waals surface area contributed by atoms with Crippen molar-refractivity contribution in [1.29, 1.82) is 0 Å². The number of hydrogen-bond donors (Lipinski definition) is 1. The summed E-state index contributed by atoms with van der Waals surface area (Å²) in [4.78, 5) is 11.3. The Morgan fingerprint density at radius 3 is 2.80 bits per heavy atom. The molecule has 5 nitrogen and oxygen atoms in total. The van der Waals surface area contributed by atoms with Crippen molar-refractivity contribution in [2.24, 2.45) is 7.05 Å². The topological polar surface area (TPSA) is 64.3 Å². The number of carbonyl (C=O) groups is 1. The molecule has 0 aromatic carbocycles. The Kier molecular flexibility index (Phi) is 2.26. The molecule has 82 valence electrons. The second-order valence-corrected chi connectivity index (χ2v) is 3.96. The number of nitrogens with zero attached hydrogens (tertiary/aromatic N) is 2. The van der Waals surface area contributed by atoms with E-state index in [-0.39, 0.29) is 0 Å². The molecule has 0 spiro atoms. The average molecular weight is 210 g/mol. The Hall–Kier alpha value is -1.36. The third-order valence-electron chi connectivity index (χ3n) is 2.96. The minimum atomic E-state index is -1.10. The maximum Gasteiger partial charge on any atom is 0.335 e. The van der Waals surface area contributed by atoms with Crippen LogP contribution in [-0.4, -0.2) is 34.1 Å². The molecule has 1 aliphatic carbocycles. The highest BCUT2D eigenvalue weighted by Crippen LogP contribution is 2.50. The predicted molar refractivity (Wildman–Crippen MR) is 52.1 cm³/mol. The van der Waals surface area contributed by atoms with Gasteiger partial charge in [-0.15, -0.1) is 0 Å². The number of rotatable bonds is 3. The second-order valence-electron chi connectivity index (χ2n) is 3.96. The number of aromatic nitrogens is 2. The van der Waals surface area contributed by atoms with Gasteiger partial charge in [-0.25, -0.2) is 4.79 Å². The first-order valence-electron chi connectivity index (χ1n) is 4.86. The Balaban J connectivity index is 2.24. The summed E-state index contributed by atoms with van der Waals surface area (Å²) in [6, 6.07) is 1.83. The monoisotopic (exact) mass is 210 g/mol. The van der Waals surface area contributed by atoms with Crippen molar-refractivity contribution in [3.05, 3.63) is 18.0 Å². The molecule has 0 radical (unpaired) electrons. The van der Waals surface area contributed by atoms with E-state index in [9.17, 15) is 9.90 Å². The molecule has 1 fully saturated rings. The maximum atomic E-state index is 11.3. The Bertz CT molecular complexity index is 382. The zero-order valence-corrected chi connectivity index (χ0v) is 8.80. The van der Waals surface area contributed by atoms with Crippen LogP contribution in [0.2, 0.25) is 0 Å². The lowest BCUT2D eigenvalue weighted by Crippen LogP contribution is -2.35. The van der Waals surface area contributed by atoms with E-state index in [0.29, 0.717) is 0 Å². The van der Waals surface area contributed by atoms with Crippen LogP contribution in [0.5, 0.6) is 0 Å². The summed E-state index contributed by atoms with van der Waals surface area (Å²) in [5.41, 5.74) is 0.261. The first kappa shape index (κ1) is 10.2. The summed E-state index contributed by atoms with van der Waals surface area (Å²) < 4.78 is 6.21. The van der Waals surface area contributed by atoms with E-state index in [2.05, 4.69) is 9.84 Å². The molecule has 1 heterocycles. The van der Waals surface area contributed by atoms with Crippen LogP contribution in [0, 0.1) is 0 Å². The van der Waals surface area contributed by atoms with Gasteiger partial charge in [-0.2, -0.15) is 5.10 Å². The third kappa shape index (κ3) is 1.52. The summed E-state index contributed by atoms with van der Waals surface area (Å²) in [7, 11) is 3.09. The summed E-state index contributed by atoms with van der Waals surface area (Å²) >= 11 is 0. The molecular formula is C10H14N2O3. The summed E-state index contributed by atoms with van der Waals surface area (Å²) in [6.07, 6.45) is 2.26. The first-order chi connectivity index (χ1) is 7.10. The number of aryl methyl sites for hydroxylation is 1. The van der Waals surface area contributed by atoms with Crippen molar-refractivity contribution < 1.29 is 14.6 Å². The zero-order valence-electron chi connectivity index (χ0n) is 8.80. The van der Waals surface area contributed by atoms with Crippen molar-refractivity contribution >= 4 is 5.97 Å². The molecule has 5 heteroatoms. The van der Waals surface area contributed by atoms with Gasteiger partial charge in [0, 0.05) is 13.2 Å². The fourth-order valence-corrected chi connectivity index (χ4v) is 1.82. The van der Waals surface area contributed by atoms with Crippen molar-refractivity contribution in [3.8, 4) is 0 Å². The maximum absolute atomic E-state index is 11.3. The van der Waals surface area contributed by atoms with Crippen molar-refractivity contribution in [3.63, 3.8) is 0 Å². The van der Waals surface area contributed by atoms with E-state index in [1.54, 1.807) is 10.9 Å². The second kappa shape index (κ2) is 3.34. The number of aliphatic hydroxyl groups is 1. The molecule has 1 atom stereocenters. The van der Waals surface area contributed by atoms with Crippen LogP contribution in [-0.2, 0) is 22.0 Å². The molecule has 1 N–H and O–H groups in total. The Labute approximate surface area is 87.7 Å². The molecule has 1 aromatic heterocycles. The number of aliphatic hydroxyl groups excluding tert-OH is 1. The van der Waals surface area contributed by atoms with Gasteiger partial charge in [0.1, 0.15) is 0 Å². The van der Waals surface area contributed by atoms with Crippen molar-refractivity contribution in [2.75, 3.05) is 7.11 Å². The van der Waals surface area contributed by atoms with E-state index in [4.69, 9.17) is 0 Å². The van der Waals surface area contributed by atoms with Crippen LogP contribution in [0.1, 0.15) is 18.5 Å². The molecule has 15 heavy (non-hydrogen) atoms. The molecule has 0 amide bonds. The van der Waals surface area contributed by atoms with Gasteiger partial charge in [-0.3, -0.25) is 4.68 Å². The highest BCUT2D eigenvalue weighted by Gasteiger charge is 2.55. The van der Waals surface area contributed by atoms with Gasteiger partial charge in [0.15, 0.2) is 6.10 Å². The lowest BCUT2D eigenvalue weighted by atomic mass is 9.95. The van der Waals surface area contributed by atoms with E-state index in [1.807, 2.05) is 13.1 Å². The number of ether oxygens (including phenoxy) is 1. The minimum absolute atomic E-state index is 0.506. The lowest BCUT2D eigenvalue weighted by Gasteiger charge is -2.17. The van der Waals surface area contributed by atoms with Crippen LogP contribution in [0.15, 0.2) is 12.3 Å². The Morgan fingerprint density at radius 2 is 2.40 bits per heavy atom. The number of carbonyl (C=O) groups excluding carboxylic acids is 1. The molecular weight excluding hydrogens is 196 g/mol. The smallest absolute Gasteiger partial charge is 0.335 e. The van der Waals surface area contributed by atoms with Crippen LogP contribution in [0.4, 0.5) is 0 Å².